The Balaban J connectivity index is 1.65. The lowest BCUT2D eigenvalue weighted by atomic mass is 10.0. The predicted octanol–water partition coefficient (Wildman–Crippen LogP) is 4.39. The fraction of sp³-hybridized carbons (Fsp3) is 0.0526. The summed E-state index contributed by atoms with van der Waals surface area (Å²) >= 11 is 0. The second-order valence-electron chi connectivity index (χ2n) is 5.63. The molecule has 0 atom stereocenters. The lowest BCUT2D eigenvalue weighted by Crippen LogP contribution is -1.91. The predicted molar refractivity (Wildman–Crippen MR) is 93.1 cm³/mol. The molecule has 0 N–H and O–H groups in total. The Morgan fingerprint density at radius 2 is 1.80 bits per heavy atom. The number of benzene rings is 3. The number of hydrogen-bond acceptors (Lipinski definition) is 5. The van der Waals surface area contributed by atoms with Crippen molar-refractivity contribution in [3.8, 4) is 11.4 Å². The summed E-state index contributed by atoms with van der Waals surface area (Å²) in [4.78, 5) is 14.8. The molecule has 3 aromatic carbocycles. The number of nitro groups is 1. The van der Waals surface area contributed by atoms with Crippen LogP contribution in [0.3, 0.4) is 0 Å². The molecule has 0 saturated carbocycles. The minimum atomic E-state index is -0.444. The van der Waals surface area contributed by atoms with Crippen molar-refractivity contribution in [2.24, 2.45) is 0 Å². The second-order valence-corrected chi connectivity index (χ2v) is 5.63. The van der Waals surface area contributed by atoms with E-state index < -0.39 is 4.92 Å². The number of nitro benzene ring substituents is 1. The number of nitrogens with zero attached hydrogens (tertiary/aromatic N) is 3. The van der Waals surface area contributed by atoms with Gasteiger partial charge in [-0.1, -0.05) is 59.8 Å². The summed E-state index contributed by atoms with van der Waals surface area (Å²) in [6.07, 6.45) is 0.503. The maximum absolute atomic E-state index is 10.9. The van der Waals surface area contributed by atoms with Crippen LogP contribution in [0.25, 0.3) is 22.2 Å². The van der Waals surface area contributed by atoms with E-state index in [4.69, 9.17) is 4.52 Å². The van der Waals surface area contributed by atoms with E-state index >= 15 is 0 Å². The van der Waals surface area contributed by atoms with Crippen LogP contribution < -0.4 is 0 Å². The highest BCUT2D eigenvalue weighted by Gasteiger charge is 2.13. The van der Waals surface area contributed by atoms with Crippen molar-refractivity contribution in [3.63, 3.8) is 0 Å². The van der Waals surface area contributed by atoms with Gasteiger partial charge in [0, 0.05) is 17.7 Å². The van der Waals surface area contributed by atoms with Crippen LogP contribution in [0.15, 0.2) is 71.3 Å². The molecular weight excluding hydrogens is 318 g/mol. The molecule has 0 aliphatic rings. The number of aromatic nitrogens is 2. The molecule has 0 radical (unpaired) electrons. The van der Waals surface area contributed by atoms with E-state index in [1.807, 2.05) is 24.3 Å². The standard InChI is InChI=1S/C19H13N3O3/c23-22(24)16-9-4-8-15(11-16)19-20-18(25-21-19)12-14-7-3-6-13-5-1-2-10-17(13)14/h1-11H,12H2. The van der Waals surface area contributed by atoms with Crippen molar-refractivity contribution >= 4 is 16.5 Å². The molecule has 4 aromatic rings. The third-order valence-corrected chi connectivity index (χ3v) is 4.00. The van der Waals surface area contributed by atoms with Gasteiger partial charge in [-0.3, -0.25) is 10.1 Å². The van der Waals surface area contributed by atoms with Crippen molar-refractivity contribution in [1.29, 1.82) is 0 Å². The van der Waals surface area contributed by atoms with Gasteiger partial charge in [0.25, 0.3) is 5.69 Å². The average Bonchev–Trinajstić information content (AvgIpc) is 3.11. The molecule has 1 heterocycles. The summed E-state index contributed by atoms with van der Waals surface area (Å²) < 4.78 is 5.34. The lowest BCUT2D eigenvalue weighted by Gasteiger charge is -2.03. The molecule has 0 amide bonds. The Bertz CT molecular complexity index is 1070. The zero-order chi connectivity index (χ0) is 17.2. The molecule has 0 unspecified atom stereocenters. The smallest absolute Gasteiger partial charge is 0.270 e. The molecular formula is C19H13N3O3. The molecule has 4 rings (SSSR count). The summed E-state index contributed by atoms with van der Waals surface area (Å²) in [5, 5.41) is 17.1. The van der Waals surface area contributed by atoms with E-state index in [1.54, 1.807) is 12.1 Å². The summed E-state index contributed by atoms with van der Waals surface area (Å²) in [5.74, 6) is 0.816. The van der Waals surface area contributed by atoms with Crippen molar-refractivity contribution in [2.75, 3.05) is 0 Å². The first-order valence-corrected chi connectivity index (χ1v) is 7.75. The molecule has 0 saturated heterocycles. The van der Waals surface area contributed by atoms with Gasteiger partial charge in [-0.15, -0.1) is 0 Å². The van der Waals surface area contributed by atoms with Crippen molar-refractivity contribution < 1.29 is 9.45 Å². The molecule has 6 heteroatoms. The van der Waals surface area contributed by atoms with Gasteiger partial charge >= 0.3 is 0 Å². The highest BCUT2D eigenvalue weighted by Crippen LogP contribution is 2.24. The van der Waals surface area contributed by atoms with Gasteiger partial charge in [-0.2, -0.15) is 4.98 Å². The molecule has 122 valence electrons. The van der Waals surface area contributed by atoms with Crippen molar-refractivity contribution in [2.45, 2.75) is 6.42 Å². The number of fused-ring (bicyclic) bond motifs is 1. The van der Waals surface area contributed by atoms with E-state index in [0.717, 1.165) is 16.3 Å². The Hall–Kier alpha value is -3.54. The fourth-order valence-corrected chi connectivity index (χ4v) is 2.81. The van der Waals surface area contributed by atoms with Crippen LogP contribution in [0.5, 0.6) is 0 Å². The van der Waals surface area contributed by atoms with Gasteiger partial charge in [-0.25, -0.2) is 0 Å². The summed E-state index contributed by atoms with van der Waals surface area (Å²) in [6.45, 7) is 0. The van der Waals surface area contributed by atoms with E-state index in [9.17, 15) is 10.1 Å². The van der Waals surface area contributed by atoms with Crippen molar-refractivity contribution in [3.05, 3.63) is 88.3 Å². The summed E-state index contributed by atoms with van der Waals surface area (Å²) in [7, 11) is 0. The average molecular weight is 331 g/mol. The molecule has 25 heavy (non-hydrogen) atoms. The topological polar surface area (TPSA) is 82.1 Å². The third kappa shape index (κ3) is 2.97. The third-order valence-electron chi connectivity index (χ3n) is 4.00. The largest absolute Gasteiger partial charge is 0.339 e. The SMILES string of the molecule is O=[N+]([O-])c1cccc(-c2noc(Cc3cccc4ccccc34)n2)c1. The minimum Gasteiger partial charge on any atom is -0.339 e. The van der Waals surface area contributed by atoms with Gasteiger partial charge in [0.05, 0.1) is 11.3 Å². The zero-order valence-electron chi connectivity index (χ0n) is 13.1. The van der Waals surface area contributed by atoms with Crippen LogP contribution in [-0.4, -0.2) is 15.1 Å². The van der Waals surface area contributed by atoms with Gasteiger partial charge < -0.3 is 4.52 Å². The van der Waals surface area contributed by atoms with Gasteiger partial charge in [0.2, 0.25) is 11.7 Å². The van der Waals surface area contributed by atoms with Crippen LogP contribution in [0, 0.1) is 10.1 Å². The van der Waals surface area contributed by atoms with Crippen LogP contribution in [0.2, 0.25) is 0 Å². The molecule has 0 aliphatic heterocycles. The molecule has 0 aliphatic carbocycles. The quantitative estimate of drug-likeness (QED) is 0.409. The Labute approximate surface area is 142 Å². The van der Waals surface area contributed by atoms with E-state index in [0.29, 0.717) is 23.7 Å². The molecule has 0 bridgehead atoms. The fourth-order valence-electron chi connectivity index (χ4n) is 2.81. The van der Waals surface area contributed by atoms with Crippen molar-refractivity contribution in [1.82, 2.24) is 10.1 Å². The molecule has 1 aromatic heterocycles. The first kappa shape index (κ1) is 15.0. The van der Waals surface area contributed by atoms with Gasteiger partial charge in [-0.05, 0) is 16.3 Å². The lowest BCUT2D eigenvalue weighted by molar-refractivity contribution is -0.384. The first-order valence-electron chi connectivity index (χ1n) is 7.75. The Kier molecular flexibility index (Phi) is 3.70. The normalized spacial score (nSPS) is 10.9. The summed E-state index contributed by atoms with van der Waals surface area (Å²) in [5.41, 5.74) is 1.65. The van der Waals surface area contributed by atoms with Crippen LogP contribution in [-0.2, 0) is 6.42 Å². The van der Waals surface area contributed by atoms with Crippen LogP contribution >= 0.6 is 0 Å². The van der Waals surface area contributed by atoms with E-state index in [-0.39, 0.29) is 5.69 Å². The summed E-state index contributed by atoms with van der Waals surface area (Å²) in [6, 6.07) is 20.4. The monoisotopic (exact) mass is 331 g/mol. The van der Waals surface area contributed by atoms with E-state index in [2.05, 4.69) is 28.3 Å². The maximum Gasteiger partial charge on any atom is 0.270 e. The van der Waals surface area contributed by atoms with Crippen LogP contribution in [0.4, 0.5) is 5.69 Å². The maximum atomic E-state index is 10.9. The Morgan fingerprint density at radius 1 is 1.00 bits per heavy atom. The highest BCUT2D eigenvalue weighted by atomic mass is 16.6. The number of non-ortho nitro benzene ring substituents is 1. The van der Waals surface area contributed by atoms with Gasteiger partial charge in [0.1, 0.15) is 0 Å². The number of hydrogen-bond donors (Lipinski definition) is 0. The molecule has 0 fully saturated rings. The highest BCUT2D eigenvalue weighted by molar-refractivity contribution is 5.85. The molecule has 6 nitrogen and oxygen atoms in total. The Morgan fingerprint density at radius 3 is 2.68 bits per heavy atom. The number of rotatable bonds is 4. The van der Waals surface area contributed by atoms with Gasteiger partial charge in [0.15, 0.2) is 0 Å². The van der Waals surface area contributed by atoms with E-state index in [1.165, 1.54) is 12.1 Å². The molecule has 0 spiro atoms. The first-order chi connectivity index (χ1) is 12.2. The zero-order valence-corrected chi connectivity index (χ0v) is 13.1. The second kappa shape index (κ2) is 6.16. The minimum absolute atomic E-state index is 0.00194. The van der Waals surface area contributed by atoms with Crippen LogP contribution in [0.1, 0.15) is 11.5 Å².